The number of carbonyl (C=O) groups excluding carboxylic acids is 1. The number of amides is 1. The van der Waals surface area contributed by atoms with Crippen molar-refractivity contribution in [2.75, 3.05) is 24.5 Å². The molecule has 1 aromatic rings. The fraction of sp³-hybridized carbons (Fsp3) is 0.615. The van der Waals surface area contributed by atoms with Crippen molar-refractivity contribution in [3.8, 4) is 0 Å². The molecule has 0 radical (unpaired) electrons. The zero-order valence-electron chi connectivity index (χ0n) is 11.7. The van der Waals surface area contributed by atoms with E-state index >= 15 is 0 Å². The van der Waals surface area contributed by atoms with Gasteiger partial charge >= 0.3 is 0 Å². The Hall–Kier alpha value is -1.69. The van der Waals surface area contributed by atoms with Gasteiger partial charge in [-0.25, -0.2) is 0 Å². The Balaban J connectivity index is 2.07. The van der Waals surface area contributed by atoms with Crippen LogP contribution in [-0.4, -0.2) is 47.8 Å². The van der Waals surface area contributed by atoms with E-state index in [1.54, 1.807) is 6.07 Å². The van der Waals surface area contributed by atoms with Crippen molar-refractivity contribution < 1.29 is 4.79 Å². The van der Waals surface area contributed by atoms with Gasteiger partial charge in [0.1, 0.15) is 0 Å². The van der Waals surface area contributed by atoms with Crippen molar-refractivity contribution >= 4 is 11.7 Å². The molecule has 0 aliphatic carbocycles. The monoisotopic (exact) mass is 263 g/mol. The highest BCUT2D eigenvalue weighted by Gasteiger charge is 2.22. The first-order chi connectivity index (χ1) is 9.10. The van der Waals surface area contributed by atoms with Crippen LogP contribution in [0.15, 0.2) is 12.1 Å². The Bertz CT molecular complexity index is 423. The van der Waals surface area contributed by atoms with Gasteiger partial charge < -0.3 is 15.5 Å². The summed E-state index contributed by atoms with van der Waals surface area (Å²) in [6.07, 6.45) is 0. The van der Waals surface area contributed by atoms with E-state index < -0.39 is 0 Å². The maximum atomic E-state index is 11.6. The number of nitrogens with zero attached hydrogens (tertiary/aromatic N) is 3. The molecule has 1 fully saturated rings. The number of piperazine rings is 1. The van der Waals surface area contributed by atoms with Gasteiger partial charge in [0.05, 0.1) is 0 Å². The van der Waals surface area contributed by atoms with Crippen molar-refractivity contribution in [3.63, 3.8) is 0 Å². The number of hydrogen-bond donors (Lipinski definition) is 2. The fourth-order valence-electron chi connectivity index (χ4n) is 2.38. The number of aromatic nitrogens is 2. The Labute approximate surface area is 113 Å². The predicted molar refractivity (Wildman–Crippen MR) is 74.3 cm³/mol. The third-order valence-corrected chi connectivity index (χ3v) is 3.10. The highest BCUT2D eigenvalue weighted by Crippen LogP contribution is 2.14. The molecule has 0 aromatic carbocycles. The number of carbonyl (C=O) groups is 1. The lowest BCUT2D eigenvalue weighted by molar-refractivity contribution is 0.0950. The van der Waals surface area contributed by atoms with Crippen molar-refractivity contribution in [1.29, 1.82) is 0 Å². The SMILES string of the molecule is CCNC(=O)c1ccc(N2CC(C)NC(C)C2)nn1. The number of nitrogens with one attached hydrogen (secondary N) is 2. The van der Waals surface area contributed by atoms with Crippen LogP contribution in [0.4, 0.5) is 5.82 Å². The molecular formula is C13H21N5O. The van der Waals surface area contributed by atoms with Gasteiger partial charge in [-0.1, -0.05) is 0 Å². The maximum absolute atomic E-state index is 11.6. The zero-order chi connectivity index (χ0) is 13.8. The van der Waals surface area contributed by atoms with E-state index in [4.69, 9.17) is 0 Å². The quantitative estimate of drug-likeness (QED) is 0.827. The minimum atomic E-state index is -0.177. The van der Waals surface area contributed by atoms with Crippen molar-refractivity contribution in [2.45, 2.75) is 32.9 Å². The molecule has 2 unspecified atom stereocenters. The molecule has 104 valence electrons. The second-order valence-electron chi connectivity index (χ2n) is 5.01. The molecule has 2 atom stereocenters. The largest absolute Gasteiger partial charge is 0.352 e. The average molecular weight is 263 g/mol. The van der Waals surface area contributed by atoms with Crippen LogP contribution in [0.5, 0.6) is 0 Å². The lowest BCUT2D eigenvalue weighted by Gasteiger charge is -2.36. The first-order valence-corrected chi connectivity index (χ1v) is 6.73. The smallest absolute Gasteiger partial charge is 0.271 e. The normalized spacial score (nSPS) is 23.2. The number of rotatable bonds is 3. The molecule has 6 heteroatoms. The van der Waals surface area contributed by atoms with Gasteiger partial charge in [0, 0.05) is 31.7 Å². The Morgan fingerprint density at radius 1 is 1.37 bits per heavy atom. The van der Waals surface area contributed by atoms with Crippen LogP contribution < -0.4 is 15.5 Å². The number of anilines is 1. The third kappa shape index (κ3) is 3.41. The maximum Gasteiger partial charge on any atom is 0.271 e. The van der Waals surface area contributed by atoms with Crippen LogP contribution in [0, 0.1) is 0 Å². The molecular weight excluding hydrogens is 242 g/mol. The van der Waals surface area contributed by atoms with Crippen LogP contribution >= 0.6 is 0 Å². The molecule has 19 heavy (non-hydrogen) atoms. The number of hydrogen-bond acceptors (Lipinski definition) is 5. The van der Waals surface area contributed by atoms with Gasteiger partial charge in [-0.05, 0) is 32.9 Å². The molecule has 6 nitrogen and oxygen atoms in total. The molecule has 1 saturated heterocycles. The molecule has 2 rings (SSSR count). The Kier molecular flexibility index (Phi) is 4.31. The van der Waals surface area contributed by atoms with Crippen molar-refractivity contribution in [3.05, 3.63) is 17.8 Å². The third-order valence-electron chi connectivity index (χ3n) is 3.10. The molecule has 2 N–H and O–H groups in total. The van der Waals surface area contributed by atoms with E-state index in [1.807, 2.05) is 13.0 Å². The molecule has 0 spiro atoms. The molecule has 2 heterocycles. The molecule has 0 bridgehead atoms. The molecule has 1 aliphatic rings. The molecule has 0 saturated carbocycles. The van der Waals surface area contributed by atoms with E-state index in [1.165, 1.54) is 0 Å². The summed E-state index contributed by atoms with van der Waals surface area (Å²) in [6.45, 7) is 8.58. The standard InChI is InChI=1S/C13H21N5O/c1-4-14-13(19)11-5-6-12(17-16-11)18-7-9(2)15-10(3)8-18/h5-6,9-10,15H,4,7-8H2,1-3H3,(H,14,19). The minimum Gasteiger partial charge on any atom is -0.352 e. The van der Waals surface area contributed by atoms with Gasteiger partial charge in [0.25, 0.3) is 5.91 Å². The summed E-state index contributed by atoms with van der Waals surface area (Å²) in [4.78, 5) is 13.8. The van der Waals surface area contributed by atoms with E-state index in [2.05, 4.69) is 39.6 Å². The Morgan fingerprint density at radius 3 is 2.58 bits per heavy atom. The average Bonchev–Trinajstić information content (AvgIpc) is 2.38. The van der Waals surface area contributed by atoms with Crippen molar-refractivity contribution in [1.82, 2.24) is 20.8 Å². The molecule has 1 aliphatic heterocycles. The van der Waals surface area contributed by atoms with Crippen molar-refractivity contribution in [2.24, 2.45) is 0 Å². The summed E-state index contributed by atoms with van der Waals surface area (Å²) < 4.78 is 0. The summed E-state index contributed by atoms with van der Waals surface area (Å²) in [5.74, 6) is 0.650. The van der Waals surface area contributed by atoms with E-state index in [-0.39, 0.29) is 5.91 Å². The second-order valence-corrected chi connectivity index (χ2v) is 5.01. The molecule has 1 amide bonds. The van der Waals surface area contributed by atoms with Crippen LogP contribution in [0.2, 0.25) is 0 Å². The topological polar surface area (TPSA) is 70.2 Å². The Morgan fingerprint density at radius 2 is 2.05 bits per heavy atom. The van der Waals surface area contributed by atoms with Gasteiger partial charge in [0.15, 0.2) is 11.5 Å². The van der Waals surface area contributed by atoms with Gasteiger partial charge in [-0.3, -0.25) is 4.79 Å². The van der Waals surface area contributed by atoms with Gasteiger partial charge in [-0.15, -0.1) is 10.2 Å². The van der Waals surface area contributed by atoms with E-state index in [9.17, 15) is 4.79 Å². The van der Waals surface area contributed by atoms with Crippen LogP contribution in [0.25, 0.3) is 0 Å². The van der Waals surface area contributed by atoms with Crippen LogP contribution in [-0.2, 0) is 0 Å². The van der Waals surface area contributed by atoms with Crippen LogP contribution in [0.3, 0.4) is 0 Å². The van der Waals surface area contributed by atoms with E-state index in [0.29, 0.717) is 24.3 Å². The lowest BCUT2D eigenvalue weighted by atomic mass is 10.1. The van der Waals surface area contributed by atoms with E-state index in [0.717, 1.165) is 18.9 Å². The molecule has 1 aromatic heterocycles. The zero-order valence-corrected chi connectivity index (χ0v) is 11.7. The summed E-state index contributed by atoms with van der Waals surface area (Å²) in [7, 11) is 0. The summed E-state index contributed by atoms with van der Waals surface area (Å²) in [5, 5.41) is 14.3. The van der Waals surface area contributed by atoms with Gasteiger partial charge in [0.2, 0.25) is 0 Å². The lowest BCUT2D eigenvalue weighted by Crippen LogP contribution is -2.54. The highest BCUT2D eigenvalue weighted by molar-refractivity contribution is 5.92. The van der Waals surface area contributed by atoms with Gasteiger partial charge in [-0.2, -0.15) is 0 Å². The first-order valence-electron chi connectivity index (χ1n) is 6.73. The fourth-order valence-corrected chi connectivity index (χ4v) is 2.38. The second kappa shape index (κ2) is 5.97. The van der Waals surface area contributed by atoms with Crippen LogP contribution in [0.1, 0.15) is 31.3 Å². The summed E-state index contributed by atoms with van der Waals surface area (Å²) >= 11 is 0. The summed E-state index contributed by atoms with van der Waals surface area (Å²) in [5.41, 5.74) is 0.363. The highest BCUT2D eigenvalue weighted by atomic mass is 16.1. The first kappa shape index (κ1) is 13.7. The summed E-state index contributed by atoms with van der Waals surface area (Å²) in [6, 6.07) is 4.44. The predicted octanol–water partition coefficient (Wildman–Crippen LogP) is 0.413. The minimum absolute atomic E-state index is 0.177.